The van der Waals surface area contributed by atoms with E-state index < -0.39 is 0 Å². The molecule has 0 bridgehead atoms. The Kier molecular flexibility index (Phi) is 3.31. The monoisotopic (exact) mass is 205 g/mol. The molecule has 0 aliphatic heterocycles. The lowest BCUT2D eigenvalue weighted by Crippen LogP contribution is -2.15. The Morgan fingerprint density at radius 3 is 2.87 bits per heavy atom. The molecule has 2 rings (SSSR count). The van der Waals surface area contributed by atoms with E-state index in [2.05, 4.69) is 35.2 Å². The smallest absolute Gasteiger partial charge is 0.131 e. The number of nitrogens with zero attached hydrogens (tertiary/aromatic N) is 2. The molecule has 1 aromatic rings. The summed E-state index contributed by atoms with van der Waals surface area (Å²) in [6.45, 7) is 6.16. The normalized spacial score (nSPS) is 15.6. The molecule has 3 heteroatoms. The standard InChI is InChI=1S/C12H19N3/c1-3-6-13-8-11-7-9(2)14-12(15-11)10-4-5-10/h7,10,13H,3-6,8H2,1-2H3. The lowest BCUT2D eigenvalue weighted by atomic mass is 10.3. The van der Waals surface area contributed by atoms with Crippen LogP contribution >= 0.6 is 0 Å². The highest BCUT2D eigenvalue weighted by Gasteiger charge is 2.26. The summed E-state index contributed by atoms with van der Waals surface area (Å²) in [6, 6.07) is 2.08. The molecule has 1 aliphatic rings. The van der Waals surface area contributed by atoms with Crippen molar-refractivity contribution >= 4 is 0 Å². The number of aryl methyl sites for hydroxylation is 1. The van der Waals surface area contributed by atoms with Gasteiger partial charge in [0.05, 0.1) is 5.69 Å². The van der Waals surface area contributed by atoms with E-state index in [0.717, 1.165) is 30.3 Å². The lowest BCUT2D eigenvalue weighted by molar-refractivity contribution is 0.657. The van der Waals surface area contributed by atoms with Crippen molar-refractivity contribution in [2.75, 3.05) is 6.54 Å². The average molecular weight is 205 g/mol. The molecule has 0 amide bonds. The van der Waals surface area contributed by atoms with Gasteiger partial charge in [0.15, 0.2) is 0 Å². The van der Waals surface area contributed by atoms with Crippen molar-refractivity contribution in [2.45, 2.75) is 45.6 Å². The Balaban J connectivity index is 2.02. The fourth-order valence-electron chi connectivity index (χ4n) is 1.67. The number of aromatic nitrogens is 2. The van der Waals surface area contributed by atoms with Crippen LogP contribution in [0.15, 0.2) is 6.07 Å². The molecular formula is C12H19N3. The van der Waals surface area contributed by atoms with Crippen LogP contribution in [0.3, 0.4) is 0 Å². The minimum Gasteiger partial charge on any atom is -0.311 e. The highest BCUT2D eigenvalue weighted by molar-refractivity contribution is 5.14. The van der Waals surface area contributed by atoms with Crippen molar-refractivity contribution in [3.05, 3.63) is 23.3 Å². The molecule has 0 aromatic carbocycles. The molecule has 0 unspecified atom stereocenters. The van der Waals surface area contributed by atoms with Gasteiger partial charge in [0, 0.05) is 18.2 Å². The highest BCUT2D eigenvalue weighted by atomic mass is 14.9. The summed E-state index contributed by atoms with van der Waals surface area (Å²) in [4.78, 5) is 9.08. The third kappa shape index (κ3) is 2.99. The topological polar surface area (TPSA) is 37.8 Å². The second-order valence-electron chi connectivity index (χ2n) is 4.31. The molecular weight excluding hydrogens is 186 g/mol. The van der Waals surface area contributed by atoms with Crippen LogP contribution in [0.25, 0.3) is 0 Å². The van der Waals surface area contributed by atoms with E-state index in [1.165, 1.54) is 19.3 Å². The molecule has 1 heterocycles. The van der Waals surface area contributed by atoms with Crippen LogP contribution in [0.5, 0.6) is 0 Å². The van der Waals surface area contributed by atoms with E-state index in [-0.39, 0.29) is 0 Å². The zero-order valence-electron chi connectivity index (χ0n) is 9.58. The summed E-state index contributed by atoms with van der Waals surface area (Å²) in [6.07, 6.45) is 3.70. The van der Waals surface area contributed by atoms with Gasteiger partial charge in [0.1, 0.15) is 5.82 Å². The highest BCUT2D eigenvalue weighted by Crippen LogP contribution is 2.37. The molecule has 1 aliphatic carbocycles. The van der Waals surface area contributed by atoms with Gasteiger partial charge in [-0.15, -0.1) is 0 Å². The van der Waals surface area contributed by atoms with Gasteiger partial charge in [-0.3, -0.25) is 0 Å². The van der Waals surface area contributed by atoms with Crippen molar-refractivity contribution < 1.29 is 0 Å². The molecule has 3 nitrogen and oxygen atoms in total. The quantitative estimate of drug-likeness (QED) is 0.749. The molecule has 1 fully saturated rings. The van der Waals surface area contributed by atoms with Gasteiger partial charge in [0.25, 0.3) is 0 Å². The van der Waals surface area contributed by atoms with Crippen LogP contribution in [0, 0.1) is 6.92 Å². The zero-order chi connectivity index (χ0) is 10.7. The van der Waals surface area contributed by atoms with Gasteiger partial charge in [-0.1, -0.05) is 6.92 Å². The lowest BCUT2D eigenvalue weighted by Gasteiger charge is -2.06. The molecule has 82 valence electrons. The Bertz CT molecular complexity index is 332. The Morgan fingerprint density at radius 2 is 2.20 bits per heavy atom. The van der Waals surface area contributed by atoms with E-state index >= 15 is 0 Å². The Morgan fingerprint density at radius 1 is 1.40 bits per heavy atom. The average Bonchev–Trinajstić information content (AvgIpc) is 3.00. The molecule has 1 N–H and O–H groups in total. The van der Waals surface area contributed by atoms with Crippen molar-refractivity contribution in [2.24, 2.45) is 0 Å². The molecule has 1 aromatic heterocycles. The maximum absolute atomic E-state index is 4.59. The van der Waals surface area contributed by atoms with E-state index in [0.29, 0.717) is 5.92 Å². The third-order valence-corrected chi connectivity index (χ3v) is 2.60. The third-order valence-electron chi connectivity index (χ3n) is 2.60. The molecule has 0 saturated heterocycles. The second kappa shape index (κ2) is 4.71. The minimum atomic E-state index is 0.648. The van der Waals surface area contributed by atoms with Crippen LogP contribution in [-0.2, 0) is 6.54 Å². The molecule has 0 atom stereocenters. The second-order valence-corrected chi connectivity index (χ2v) is 4.31. The van der Waals surface area contributed by atoms with Gasteiger partial charge < -0.3 is 5.32 Å². The SMILES string of the molecule is CCCNCc1cc(C)nc(C2CC2)n1. The summed E-state index contributed by atoms with van der Waals surface area (Å²) in [5.74, 6) is 1.71. The summed E-state index contributed by atoms with van der Waals surface area (Å²) >= 11 is 0. The first kappa shape index (κ1) is 10.6. The minimum absolute atomic E-state index is 0.648. The maximum Gasteiger partial charge on any atom is 0.131 e. The Labute approximate surface area is 91.3 Å². The van der Waals surface area contributed by atoms with Gasteiger partial charge in [0.2, 0.25) is 0 Å². The van der Waals surface area contributed by atoms with Crippen molar-refractivity contribution in [1.82, 2.24) is 15.3 Å². The summed E-state index contributed by atoms with van der Waals surface area (Å²) in [5.41, 5.74) is 2.23. The van der Waals surface area contributed by atoms with E-state index in [9.17, 15) is 0 Å². The van der Waals surface area contributed by atoms with Crippen molar-refractivity contribution in [3.8, 4) is 0 Å². The van der Waals surface area contributed by atoms with E-state index in [1.807, 2.05) is 0 Å². The van der Waals surface area contributed by atoms with E-state index in [1.54, 1.807) is 0 Å². The number of nitrogens with one attached hydrogen (secondary N) is 1. The summed E-state index contributed by atoms with van der Waals surface area (Å²) in [5, 5.41) is 3.37. The van der Waals surface area contributed by atoms with Crippen molar-refractivity contribution in [3.63, 3.8) is 0 Å². The summed E-state index contributed by atoms with van der Waals surface area (Å²) < 4.78 is 0. The van der Waals surface area contributed by atoms with Gasteiger partial charge in [-0.25, -0.2) is 9.97 Å². The predicted octanol–water partition coefficient (Wildman–Crippen LogP) is 2.16. The predicted molar refractivity (Wildman–Crippen MR) is 60.7 cm³/mol. The number of rotatable bonds is 5. The van der Waals surface area contributed by atoms with Gasteiger partial charge in [-0.2, -0.15) is 0 Å². The maximum atomic E-state index is 4.59. The molecule has 0 radical (unpaired) electrons. The zero-order valence-corrected chi connectivity index (χ0v) is 9.58. The number of hydrogen-bond donors (Lipinski definition) is 1. The first-order chi connectivity index (χ1) is 7.29. The van der Waals surface area contributed by atoms with Gasteiger partial charge >= 0.3 is 0 Å². The first-order valence-electron chi connectivity index (χ1n) is 5.84. The molecule has 15 heavy (non-hydrogen) atoms. The molecule has 1 saturated carbocycles. The van der Waals surface area contributed by atoms with Crippen LogP contribution in [0.1, 0.15) is 49.3 Å². The van der Waals surface area contributed by atoms with Crippen molar-refractivity contribution in [1.29, 1.82) is 0 Å². The largest absolute Gasteiger partial charge is 0.311 e. The fraction of sp³-hybridized carbons (Fsp3) is 0.667. The van der Waals surface area contributed by atoms with E-state index in [4.69, 9.17) is 0 Å². The summed E-state index contributed by atoms with van der Waals surface area (Å²) in [7, 11) is 0. The number of hydrogen-bond acceptors (Lipinski definition) is 3. The van der Waals surface area contributed by atoms with Gasteiger partial charge in [-0.05, 0) is 38.8 Å². The fourth-order valence-corrected chi connectivity index (χ4v) is 1.67. The Hall–Kier alpha value is -0.960. The first-order valence-corrected chi connectivity index (χ1v) is 5.84. The van der Waals surface area contributed by atoms with Crippen LogP contribution in [0.4, 0.5) is 0 Å². The molecule has 0 spiro atoms. The van der Waals surface area contributed by atoms with Crippen LogP contribution in [0.2, 0.25) is 0 Å². The van der Waals surface area contributed by atoms with Crippen LogP contribution < -0.4 is 5.32 Å². The van der Waals surface area contributed by atoms with Crippen LogP contribution in [-0.4, -0.2) is 16.5 Å².